The fraction of sp³-hybridized carbons (Fsp3) is 0.333. The van der Waals surface area contributed by atoms with E-state index in [0.29, 0.717) is 0 Å². The van der Waals surface area contributed by atoms with Gasteiger partial charge in [-0.25, -0.2) is 0 Å². The van der Waals surface area contributed by atoms with Crippen molar-refractivity contribution >= 4 is 15.9 Å². The molecule has 1 unspecified atom stereocenters. The summed E-state index contributed by atoms with van der Waals surface area (Å²) in [4.78, 5) is 0. The first kappa shape index (κ1) is 14.2. The van der Waals surface area contributed by atoms with E-state index in [0.717, 1.165) is 16.2 Å². The van der Waals surface area contributed by atoms with Crippen LogP contribution in [0.2, 0.25) is 0 Å². The predicted octanol–water partition coefficient (Wildman–Crippen LogP) is 4.46. The van der Waals surface area contributed by atoms with Crippen LogP contribution in [0.3, 0.4) is 0 Å². The van der Waals surface area contributed by atoms with Gasteiger partial charge >= 0.3 is 0 Å². The molecule has 0 bridgehead atoms. The molecule has 2 rings (SSSR count). The third-order valence-corrected chi connectivity index (χ3v) is 3.54. The number of benzene rings is 1. The molecule has 2 aromatic rings. The lowest BCUT2D eigenvalue weighted by molar-refractivity contribution is 0.391. The Labute approximate surface area is 122 Å². The Morgan fingerprint density at radius 1 is 1.16 bits per heavy atom. The van der Waals surface area contributed by atoms with Crippen LogP contribution in [0.15, 0.2) is 45.5 Å². The standard InChI is InChI=1S/C15H18BrNO2/c1-10(12-5-4-6-13(9-12)18-3)17-11(2)14-7-8-15(16)19-14/h4-11,17H,1-3H3/t10-,11?/m0/s1. The molecule has 1 N–H and O–H groups in total. The fourth-order valence-corrected chi connectivity index (χ4v) is 2.34. The number of methoxy groups -OCH3 is 1. The molecule has 3 nitrogen and oxygen atoms in total. The minimum atomic E-state index is 0.146. The van der Waals surface area contributed by atoms with Crippen LogP contribution < -0.4 is 10.1 Å². The van der Waals surface area contributed by atoms with Gasteiger partial charge in [0.2, 0.25) is 0 Å². The van der Waals surface area contributed by atoms with Gasteiger partial charge in [-0.05, 0) is 59.6 Å². The third kappa shape index (κ3) is 3.61. The van der Waals surface area contributed by atoms with Gasteiger partial charge in [-0.15, -0.1) is 0 Å². The normalized spacial score (nSPS) is 14.1. The van der Waals surface area contributed by atoms with Crippen molar-refractivity contribution in [2.24, 2.45) is 0 Å². The van der Waals surface area contributed by atoms with Gasteiger partial charge in [-0.3, -0.25) is 0 Å². The van der Waals surface area contributed by atoms with E-state index in [-0.39, 0.29) is 12.1 Å². The summed E-state index contributed by atoms with van der Waals surface area (Å²) in [5.74, 6) is 1.79. The number of hydrogen-bond donors (Lipinski definition) is 1. The van der Waals surface area contributed by atoms with Crippen molar-refractivity contribution in [2.75, 3.05) is 7.11 Å². The van der Waals surface area contributed by atoms with Crippen LogP contribution in [0.1, 0.15) is 37.3 Å². The average Bonchev–Trinajstić information content (AvgIpc) is 2.85. The molecule has 102 valence electrons. The zero-order valence-corrected chi connectivity index (χ0v) is 12.9. The first-order valence-electron chi connectivity index (χ1n) is 6.25. The van der Waals surface area contributed by atoms with E-state index >= 15 is 0 Å². The van der Waals surface area contributed by atoms with Crippen LogP contribution >= 0.6 is 15.9 Å². The van der Waals surface area contributed by atoms with Crippen molar-refractivity contribution in [2.45, 2.75) is 25.9 Å². The highest BCUT2D eigenvalue weighted by Crippen LogP contribution is 2.24. The zero-order chi connectivity index (χ0) is 13.8. The second kappa shape index (κ2) is 6.26. The molecule has 0 saturated heterocycles. The Morgan fingerprint density at radius 3 is 2.58 bits per heavy atom. The Morgan fingerprint density at radius 2 is 1.95 bits per heavy atom. The quantitative estimate of drug-likeness (QED) is 0.881. The number of rotatable bonds is 5. The van der Waals surface area contributed by atoms with Crippen molar-refractivity contribution in [1.82, 2.24) is 5.32 Å². The first-order chi connectivity index (χ1) is 9.10. The molecule has 0 spiro atoms. The number of ether oxygens (including phenoxy) is 1. The molecule has 0 amide bonds. The smallest absolute Gasteiger partial charge is 0.169 e. The van der Waals surface area contributed by atoms with Crippen LogP contribution in [-0.2, 0) is 0 Å². The number of furan rings is 1. The highest BCUT2D eigenvalue weighted by atomic mass is 79.9. The Balaban J connectivity index is 2.05. The van der Waals surface area contributed by atoms with Crippen LogP contribution in [0.4, 0.5) is 0 Å². The summed E-state index contributed by atoms with van der Waals surface area (Å²) in [6, 6.07) is 12.3. The molecule has 0 aliphatic heterocycles. The van der Waals surface area contributed by atoms with Gasteiger partial charge in [0.1, 0.15) is 11.5 Å². The van der Waals surface area contributed by atoms with E-state index in [2.05, 4.69) is 41.2 Å². The maximum absolute atomic E-state index is 5.56. The Bertz CT molecular complexity index is 538. The van der Waals surface area contributed by atoms with Crippen molar-refractivity contribution in [3.8, 4) is 5.75 Å². The SMILES string of the molecule is COc1cccc([C@H](C)NC(C)c2ccc(Br)o2)c1. The van der Waals surface area contributed by atoms with E-state index < -0.39 is 0 Å². The van der Waals surface area contributed by atoms with Gasteiger partial charge < -0.3 is 14.5 Å². The van der Waals surface area contributed by atoms with Gasteiger partial charge in [-0.1, -0.05) is 12.1 Å². The van der Waals surface area contributed by atoms with E-state index in [9.17, 15) is 0 Å². The second-order valence-electron chi connectivity index (χ2n) is 4.53. The van der Waals surface area contributed by atoms with Gasteiger partial charge in [-0.2, -0.15) is 0 Å². The van der Waals surface area contributed by atoms with Gasteiger partial charge in [0.05, 0.1) is 13.2 Å². The van der Waals surface area contributed by atoms with Crippen molar-refractivity contribution in [1.29, 1.82) is 0 Å². The number of hydrogen-bond acceptors (Lipinski definition) is 3. The fourth-order valence-electron chi connectivity index (χ4n) is 2.03. The second-order valence-corrected chi connectivity index (χ2v) is 5.31. The van der Waals surface area contributed by atoms with Gasteiger partial charge in [0.15, 0.2) is 4.67 Å². The minimum Gasteiger partial charge on any atom is -0.497 e. The predicted molar refractivity (Wildman–Crippen MR) is 79.4 cm³/mol. The summed E-state index contributed by atoms with van der Waals surface area (Å²) in [5, 5.41) is 3.51. The molecular formula is C15H18BrNO2. The summed E-state index contributed by atoms with van der Waals surface area (Å²) in [5.41, 5.74) is 1.19. The van der Waals surface area contributed by atoms with Gasteiger partial charge in [0, 0.05) is 6.04 Å². The maximum atomic E-state index is 5.56. The van der Waals surface area contributed by atoms with Crippen LogP contribution in [-0.4, -0.2) is 7.11 Å². The summed E-state index contributed by atoms with van der Waals surface area (Å²) in [6.07, 6.45) is 0. The molecule has 0 fully saturated rings. The lowest BCUT2D eigenvalue weighted by Crippen LogP contribution is -2.22. The Kier molecular flexibility index (Phi) is 4.66. The van der Waals surface area contributed by atoms with E-state index in [1.807, 2.05) is 30.3 Å². The molecule has 19 heavy (non-hydrogen) atoms. The largest absolute Gasteiger partial charge is 0.497 e. The molecule has 0 saturated carbocycles. The summed E-state index contributed by atoms with van der Waals surface area (Å²) < 4.78 is 11.6. The number of nitrogens with one attached hydrogen (secondary N) is 1. The number of halogens is 1. The van der Waals surface area contributed by atoms with E-state index in [1.165, 1.54) is 5.56 Å². The summed E-state index contributed by atoms with van der Waals surface area (Å²) in [7, 11) is 1.68. The lowest BCUT2D eigenvalue weighted by atomic mass is 10.1. The topological polar surface area (TPSA) is 34.4 Å². The third-order valence-electron chi connectivity index (χ3n) is 3.11. The van der Waals surface area contributed by atoms with Crippen molar-refractivity contribution in [3.05, 3.63) is 52.4 Å². The molecule has 0 radical (unpaired) electrons. The molecule has 1 heterocycles. The molecule has 4 heteroatoms. The van der Waals surface area contributed by atoms with E-state index in [4.69, 9.17) is 9.15 Å². The minimum absolute atomic E-state index is 0.146. The zero-order valence-electron chi connectivity index (χ0n) is 11.3. The summed E-state index contributed by atoms with van der Waals surface area (Å²) in [6.45, 7) is 4.21. The molecule has 0 aliphatic rings. The van der Waals surface area contributed by atoms with Crippen LogP contribution in [0, 0.1) is 0 Å². The van der Waals surface area contributed by atoms with Gasteiger partial charge in [0.25, 0.3) is 0 Å². The van der Waals surface area contributed by atoms with Crippen LogP contribution in [0.5, 0.6) is 5.75 Å². The lowest BCUT2D eigenvalue weighted by Gasteiger charge is -2.19. The van der Waals surface area contributed by atoms with Crippen molar-refractivity contribution < 1.29 is 9.15 Å². The van der Waals surface area contributed by atoms with E-state index in [1.54, 1.807) is 7.11 Å². The monoisotopic (exact) mass is 323 g/mol. The molecule has 0 aliphatic carbocycles. The highest BCUT2D eigenvalue weighted by molar-refractivity contribution is 9.10. The highest BCUT2D eigenvalue weighted by Gasteiger charge is 2.14. The molecule has 1 aromatic carbocycles. The first-order valence-corrected chi connectivity index (χ1v) is 7.04. The Hall–Kier alpha value is -1.26. The molecular weight excluding hydrogens is 306 g/mol. The molecule has 2 atom stereocenters. The maximum Gasteiger partial charge on any atom is 0.169 e. The average molecular weight is 324 g/mol. The van der Waals surface area contributed by atoms with Crippen LogP contribution in [0.25, 0.3) is 0 Å². The summed E-state index contributed by atoms with van der Waals surface area (Å²) >= 11 is 3.32. The molecule has 1 aromatic heterocycles. The van der Waals surface area contributed by atoms with Crippen molar-refractivity contribution in [3.63, 3.8) is 0 Å².